The van der Waals surface area contributed by atoms with Gasteiger partial charge < -0.3 is 14.4 Å². The molecule has 5 aromatic rings. The lowest BCUT2D eigenvalue weighted by Crippen LogP contribution is -2.41. The predicted molar refractivity (Wildman–Crippen MR) is 160 cm³/mol. The molecule has 0 spiro atoms. The van der Waals surface area contributed by atoms with Gasteiger partial charge in [-0.05, 0) is 76.5 Å². The SMILES string of the molecule is Br.CC.CC1(C)OB(c2cccc(-n3c4ccccc4n4c5ccccc5nc34)c2)OC1(C)C.CCO. The van der Waals surface area contributed by atoms with Crippen molar-refractivity contribution in [1.82, 2.24) is 14.0 Å². The number of benzene rings is 3. The third-order valence-corrected chi connectivity index (χ3v) is 6.76. The number of para-hydroxylation sites is 4. The fraction of sp³-hybridized carbons (Fsp3) is 0.345. The van der Waals surface area contributed by atoms with Crippen molar-refractivity contribution in [2.24, 2.45) is 0 Å². The minimum Gasteiger partial charge on any atom is -0.399 e. The molecule has 0 aliphatic carbocycles. The molecular formula is C29H37BBrN3O3. The van der Waals surface area contributed by atoms with Crippen molar-refractivity contribution >= 4 is 57.4 Å². The minimum absolute atomic E-state index is 0. The molecule has 3 heterocycles. The highest BCUT2D eigenvalue weighted by atomic mass is 79.9. The fourth-order valence-corrected chi connectivity index (χ4v) is 4.40. The maximum absolute atomic E-state index is 7.57. The maximum Gasteiger partial charge on any atom is 0.494 e. The zero-order valence-electron chi connectivity index (χ0n) is 22.7. The quantitative estimate of drug-likeness (QED) is 0.254. The van der Waals surface area contributed by atoms with Crippen LogP contribution in [0, 0.1) is 0 Å². The molecule has 0 radical (unpaired) electrons. The van der Waals surface area contributed by atoms with Gasteiger partial charge in [0, 0.05) is 12.3 Å². The first-order chi connectivity index (χ1) is 17.3. The van der Waals surface area contributed by atoms with Crippen molar-refractivity contribution in [2.75, 3.05) is 6.61 Å². The Bertz CT molecular complexity index is 1480. The van der Waals surface area contributed by atoms with E-state index in [1.807, 2.05) is 19.9 Å². The van der Waals surface area contributed by atoms with Crippen molar-refractivity contribution < 1.29 is 14.4 Å². The summed E-state index contributed by atoms with van der Waals surface area (Å²) < 4.78 is 17.0. The van der Waals surface area contributed by atoms with Crippen LogP contribution in [0.5, 0.6) is 0 Å². The van der Waals surface area contributed by atoms with E-state index in [4.69, 9.17) is 19.4 Å². The second kappa shape index (κ2) is 11.4. The first-order valence-corrected chi connectivity index (χ1v) is 12.7. The van der Waals surface area contributed by atoms with Crippen LogP contribution in [0.15, 0.2) is 72.8 Å². The fourth-order valence-electron chi connectivity index (χ4n) is 4.40. The van der Waals surface area contributed by atoms with Crippen LogP contribution in [0.2, 0.25) is 0 Å². The van der Waals surface area contributed by atoms with Crippen LogP contribution in [0.1, 0.15) is 48.5 Å². The summed E-state index contributed by atoms with van der Waals surface area (Å²) in [6.45, 7) is 14.2. The Labute approximate surface area is 230 Å². The number of rotatable bonds is 2. The van der Waals surface area contributed by atoms with Gasteiger partial charge in [0.05, 0.1) is 33.3 Å². The molecule has 196 valence electrons. The molecule has 2 aromatic heterocycles. The van der Waals surface area contributed by atoms with Gasteiger partial charge in [0.15, 0.2) is 0 Å². The summed E-state index contributed by atoms with van der Waals surface area (Å²) >= 11 is 0. The Hall–Kier alpha value is -2.65. The predicted octanol–water partition coefficient (Wildman–Crippen LogP) is 6.33. The van der Waals surface area contributed by atoms with Gasteiger partial charge in [-0.15, -0.1) is 17.0 Å². The molecule has 1 saturated heterocycles. The second-order valence-electron chi connectivity index (χ2n) is 9.56. The van der Waals surface area contributed by atoms with Gasteiger partial charge in [-0.2, -0.15) is 0 Å². The van der Waals surface area contributed by atoms with Gasteiger partial charge >= 0.3 is 7.12 Å². The van der Waals surface area contributed by atoms with Crippen LogP contribution in [0.25, 0.3) is 33.5 Å². The van der Waals surface area contributed by atoms with E-state index in [1.54, 1.807) is 6.92 Å². The average Bonchev–Trinajstić information content (AvgIpc) is 3.46. The molecule has 8 heteroatoms. The number of nitrogens with zero attached hydrogens (tertiary/aromatic N) is 3. The van der Waals surface area contributed by atoms with Gasteiger partial charge in [0.1, 0.15) is 0 Å². The third kappa shape index (κ3) is 5.08. The number of fused-ring (bicyclic) bond motifs is 5. The monoisotopic (exact) mass is 565 g/mol. The molecule has 0 amide bonds. The van der Waals surface area contributed by atoms with Crippen LogP contribution < -0.4 is 5.46 Å². The number of hydrogen-bond acceptors (Lipinski definition) is 4. The van der Waals surface area contributed by atoms with Crippen molar-refractivity contribution in [3.05, 3.63) is 72.8 Å². The topological polar surface area (TPSA) is 60.9 Å². The minimum atomic E-state index is -0.401. The van der Waals surface area contributed by atoms with E-state index >= 15 is 0 Å². The lowest BCUT2D eigenvalue weighted by atomic mass is 9.79. The summed E-state index contributed by atoms with van der Waals surface area (Å²) in [6.07, 6.45) is 0. The number of imidazole rings is 2. The number of aromatic nitrogens is 3. The summed E-state index contributed by atoms with van der Waals surface area (Å²) in [6, 6.07) is 25.1. The van der Waals surface area contributed by atoms with E-state index in [2.05, 4.69) is 103 Å². The molecule has 1 aliphatic heterocycles. The molecule has 3 aromatic carbocycles. The Kier molecular flexibility index (Phi) is 8.91. The smallest absolute Gasteiger partial charge is 0.399 e. The van der Waals surface area contributed by atoms with Crippen LogP contribution in [0.4, 0.5) is 0 Å². The summed E-state index contributed by atoms with van der Waals surface area (Å²) in [4.78, 5) is 4.97. The van der Waals surface area contributed by atoms with Crippen molar-refractivity contribution in [1.29, 1.82) is 0 Å². The van der Waals surface area contributed by atoms with Crippen LogP contribution in [-0.2, 0) is 9.31 Å². The van der Waals surface area contributed by atoms with Gasteiger partial charge in [0.2, 0.25) is 5.78 Å². The lowest BCUT2D eigenvalue weighted by Gasteiger charge is -2.32. The van der Waals surface area contributed by atoms with E-state index in [0.717, 1.165) is 39.0 Å². The molecule has 6 rings (SSSR count). The number of aliphatic hydroxyl groups is 1. The molecule has 0 saturated carbocycles. The lowest BCUT2D eigenvalue weighted by molar-refractivity contribution is 0.00578. The molecule has 6 nitrogen and oxygen atoms in total. The van der Waals surface area contributed by atoms with Gasteiger partial charge in [0.25, 0.3) is 0 Å². The summed E-state index contributed by atoms with van der Waals surface area (Å²) in [7, 11) is -0.401. The van der Waals surface area contributed by atoms with Gasteiger partial charge in [-0.3, -0.25) is 8.97 Å². The molecular weight excluding hydrogens is 529 g/mol. The van der Waals surface area contributed by atoms with Crippen molar-refractivity contribution in [3.8, 4) is 5.69 Å². The van der Waals surface area contributed by atoms with E-state index in [9.17, 15) is 0 Å². The summed E-state index contributed by atoms with van der Waals surface area (Å²) in [5.74, 6) is 0.897. The third-order valence-electron chi connectivity index (χ3n) is 6.76. The van der Waals surface area contributed by atoms with E-state index < -0.39 is 7.12 Å². The molecule has 0 bridgehead atoms. The molecule has 37 heavy (non-hydrogen) atoms. The van der Waals surface area contributed by atoms with Crippen LogP contribution in [0.3, 0.4) is 0 Å². The van der Waals surface area contributed by atoms with E-state index in [0.29, 0.717) is 0 Å². The zero-order valence-corrected chi connectivity index (χ0v) is 24.4. The second-order valence-corrected chi connectivity index (χ2v) is 9.56. The van der Waals surface area contributed by atoms with Crippen LogP contribution in [-0.4, -0.2) is 44.0 Å². The Balaban J connectivity index is 0.000000594. The Morgan fingerprint density at radius 3 is 1.97 bits per heavy atom. The first kappa shape index (κ1) is 28.9. The number of halogens is 1. The Morgan fingerprint density at radius 2 is 1.35 bits per heavy atom. The molecule has 1 fully saturated rings. The highest BCUT2D eigenvalue weighted by molar-refractivity contribution is 8.93. The molecule has 1 aliphatic rings. The normalized spacial score (nSPS) is 15.6. The largest absolute Gasteiger partial charge is 0.494 e. The number of hydrogen-bond donors (Lipinski definition) is 1. The molecule has 0 atom stereocenters. The Morgan fingerprint density at radius 1 is 0.811 bits per heavy atom. The maximum atomic E-state index is 7.57. The van der Waals surface area contributed by atoms with E-state index in [-0.39, 0.29) is 34.8 Å². The summed E-state index contributed by atoms with van der Waals surface area (Å²) in [5.41, 5.74) is 5.63. The highest BCUT2D eigenvalue weighted by Gasteiger charge is 2.51. The highest BCUT2D eigenvalue weighted by Crippen LogP contribution is 2.37. The van der Waals surface area contributed by atoms with Crippen molar-refractivity contribution in [3.63, 3.8) is 0 Å². The van der Waals surface area contributed by atoms with Gasteiger partial charge in [-0.1, -0.05) is 50.2 Å². The van der Waals surface area contributed by atoms with Gasteiger partial charge in [-0.25, -0.2) is 4.98 Å². The summed E-state index contributed by atoms with van der Waals surface area (Å²) in [5, 5.41) is 7.57. The van der Waals surface area contributed by atoms with E-state index in [1.165, 1.54) is 0 Å². The average molecular weight is 566 g/mol. The standard InChI is InChI=1S/C25H24BN3O2.C2H6O.C2H6.BrH/c1-24(2)25(3,4)31-26(30-24)17-10-9-11-18(16-17)28-21-14-7-8-15-22(21)29-20-13-6-5-12-19(20)27-23(28)29;1-2-3;1-2;/h5-16H,1-4H3;3H,2H2,1H3;1-2H3;1H. The zero-order chi connectivity index (χ0) is 26.1. The van der Waals surface area contributed by atoms with Crippen molar-refractivity contribution in [2.45, 2.75) is 59.7 Å². The molecule has 0 unspecified atom stereocenters. The molecule has 1 N–H and O–H groups in total. The first-order valence-electron chi connectivity index (χ1n) is 12.7. The number of aliphatic hydroxyl groups excluding tert-OH is 1. The van der Waals surface area contributed by atoms with Crippen LogP contribution >= 0.6 is 17.0 Å².